The van der Waals surface area contributed by atoms with Crippen LogP contribution in [-0.2, 0) is 16.5 Å². The minimum atomic E-state index is -4.14. The first-order valence-corrected chi connectivity index (χ1v) is 11.2. The standard InChI is InChI=1S/C21H34O3S/c1-2-3-4-5-6-7-8-9-10-11-12-13-14-17-20-18-15-16-19-21(20)25(22,23)24/h13-16,18-19H,2-12,17H2,1H3,(H,22,23,24). The fourth-order valence-corrected chi connectivity index (χ4v) is 3.74. The molecule has 0 saturated carbocycles. The second kappa shape index (κ2) is 13.1. The number of hydrogen-bond donors (Lipinski definition) is 1. The maximum Gasteiger partial charge on any atom is 0.294 e. The van der Waals surface area contributed by atoms with Gasteiger partial charge in [-0.2, -0.15) is 8.42 Å². The third kappa shape index (κ3) is 10.5. The molecule has 0 aromatic heterocycles. The second-order valence-electron chi connectivity index (χ2n) is 6.73. The van der Waals surface area contributed by atoms with Crippen molar-refractivity contribution in [3.8, 4) is 0 Å². The zero-order valence-corrected chi connectivity index (χ0v) is 16.4. The summed E-state index contributed by atoms with van der Waals surface area (Å²) in [5, 5.41) is 0. The van der Waals surface area contributed by atoms with E-state index in [1.165, 1.54) is 70.3 Å². The Kier molecular flexibility index (Phi) is 11.5. The van der Waals surface area contributed by atoms with Crippen molar-refractivity contribution in [3.05, 3.63) is 42.0 Å². The van der Waals surface area contributed by atoms with Crippen LogP contribution in [-0.4, -0.2) is 13.0 Å². The van der Waals surface area contributed by atoms with Crippen molar-refractivity contribution in [3.63, 3.8) is 0 Å². The van der Waals surface area contributed by atoms with Crippen LogP contribution in [0.5, 0.6) is 0 Å². The number of hydrogen-bond acceptors (Lipinski definition) is 2. The first-order valence-electron chi connectivity index (χ1n) is 9.76. The fraction of sp³-hybridized carbons (Fsp3) is 0.619. The molecular formula is C21H34O3S. The largest absolute Gasteiger partial charge is 0.294 e. The highest BCUT2D eigenvalue weighted by Crippen LogP contribution is 2.16. The Hall–Kier alpha value is -1.13. The van der Waals surface area contributed by atoms with E-state index >= 15 is 0 Å². The highest BCUT2D eigenvalue weighted by molar-refractivity contribution is 7.85. The van der Waals surface area contributed by atoms with E-state index in [1.807, 2.05) is 6.08 Å². The van der Waals surface area contributed by atoms with E-state index in [1.54, 1.807) is 18.2 Å². The smallest absolute Gasteiger partial charge is 0.282 e. The highest BCUT2D eigenvalue weighted by Gasteiger charge is 2.13. The predicted molar refractivity (Wildman–Crippen MR) is 106 cm³/mol. The van der Waals surface area contributed by atoms with E-state index in [0.717, 1.165) is 6.42 Å². The van der Waals surface area contributed by atoms with Gasteiger partial charge in [0.15, 0.2) is 0 Å². The number of unbranched alkanes of at least 4 members (excludes halogenated alkanes) is 10. The van der Waals surface area contributed by atoms with Crippen LogP contribution in [0.15, 0.2) is 41.3 Å². The van der Waals surface area contributed by atoms with Gasteiger partial charge in [0.1, 0.15) is 0 Å². The van der Waals surface area contributed by atoms with Gasteiger partial charge in [0.25, 0.3) is 10.1 Å². The molecule has 0 atom stereocenters. The summed E-state index contributed by atoms with van der Waals surface area (Å²) in [6, 6.07) is 6.61. The molecule has 0 unspecified atom stereocenters. The maximum atomic E-state index is 11.3. The van der Waals surface area contributed by atoms with Crippen molar-refractivity contribution < 1.29 is 13.0 Å². The molecule has 1 aromatic rings. The lowest BCUT2D eigenvalue weighted by Gasteiger charge is -2.04. The Bertz CT molecular complexity index is 591. The van der Waals surface area contributed by atoms with Crippen LogP contribution in [0.2, 0.25) is 0 Å². The molecule has 1 N–H and O–H groups in total. The number of benzene rings is 1. The summed E-state index contributed by atoms with van der Waals surface area (Å²) in [5.41, 5.74) is 0.643. The van der Waals surface area contributed by atoms with Crippen LogP contribution in [0.4, 0.5) is 0 Å². The Morgan fingerprint density at radius 3 is 2.00 bits per heavy atom. The van der Waals surface area contributed by atoms with Gasteiger partial charge in [-0.1, -0.05) is 95.1 Å². The molecule has 0 aliphatic rings. The molecule has 0 aliphatic heterocycles. The molecule has 1 aromatic carbocycles. The molecule has 0 radical (unpaired) electrons. The average Bonchev–Trinajstić information content (AvgIpc) is 2.58. The van der Waals surface area contributed by atoms with Crippen molar-refractivity contribution in [2.24, 2.45) is 0 Å². The zero-order chi connectivity index (χ0) is 18.4. The quantitative estimate of drug-likeness (QED) is 0.237. The molecule has 0 saturated heterocycles. The zero-order valence-electron chi connectivity index (χ0n) is 15.6. The van der Waals surface area contributed by atoms with E-state index in [9.17, 15) is 13.0 Å². The molecular weight excluding hydrogens is 332 g/mol. The van der Waals surface area contributed by atoms with Gasteiger partial charge in [-0.15, -0.1) is 0 Å². The van der Waals surface area contributed by atoms with E-state index in [2.05, 4.69) is 13.0 Å². The lowest BCUT2D eigenvalue weighted by molar-refractivity contribution is 0.482. The van der Waals surface area contributed by atoms with Crippen LogP contribution in [0, 0.1) is 0 Å². The maximum absolute atomic E-state index is 11.3. The molecule has 4 heteroatoms. The minimum absolute atomic E-state index is 0.0126. The summed E-state index contributed by atoms with van der Waals surface area (Å²) in [5.74, 6) is 0. The van der Waals surface area contributed by atoms with E-state index in [-0.39, 0.29) is 4.90 Å². The molecule has 1 rings (SSSR count). The first kappa shape index (κ1) is 21.9. The van der Waals surface area contributed by atoms with Crippen LogP contribution in [0.25, 0.3) is 0 Å². The Balaban J connectivity index is 2.10. The van der Waals surface area contributed by atoms with E-state index in [0.29, 0.717) is 12.0 Å². The van der Waals surface area contributed by atoms with E-state index in [4.69, 9.17) is 0 Å². The van der Waals surface area contributed by atoms with Crippen LogP contribution >= 0.6 is 0 Å². The van der Waals surface area contributed by atoms with Crippen molar-refractivity contribution in [2.45, 2.75) is 88.9 Å². The molecule has 0 fully saturated rings. The topological polar surface area (TPSA) is 54.4 Å². The Morgan fingerprint density at radius 1 is 0.840 bits per heavy atom. The highest BCUT2D eigenvalue weighted by atomic mass is 32.2. The van der Waals surface area contributed by atoms with Crippen molar-refractivity contribution >= 4 is 10.1 Å². The lowest BCUT2D eigenvalue weighted by atomic mass is 10.1. The summed E-state index contributed by atoms with van der Waals surface area (Å²) in [6.45, 7) is 2.25. The van der Waals surface area contributed by atoms with Crippen molar-refractivity contribution in [2.75, 3.05) is 0 Å². The Morgan fingerprint density at radius 2 is 1.40 bits per heavy atom. The van der Waals surface area contributed by atoms with Gasteiger partial charge in [-0.25, -0.2) is 0 Å². The number of allylic oxidation sites excluding steroid dienone is 2. The third-order valence-electron chi connectivity index (χ3n) is 4.48. The first-order chi connectivity index (χ1) is 12.1. The fourth-order valence-electron chi connectivity index (χ4n) is 3.00. The van der Waals surface area contributed by atoms with Gasteiger partial charge >= 0.3 is 0 Å². The molecule has 0 heterocycles. The van der Waals surface area contributed by atoms with Crippen molar-refractivity contribution in [1.82, 2.24) is 0 Å². The summed E-state index contributed by atoms with van der Waals surface area (Å²) < 4.78 is 31.9. The van der Waals surface area contributed by atoms with Gasteiger partial charge in [0.2, 0.25) is 0 Å². The second-order valence-corrected chi connectivity index (χ2v) is 8.12. The third-order valence-corrected chi connectivity index (χ3v) is 5.43. The molecule has 3 nitrogen and oxygen atoms in total. The molecule has 0 amide bonds. The summed E-state index contributed by atoms with van der Waals surface area (Å²) in [4.78, 5) is 0.0126. The summed E-state index contributed by atoms with van der Waals surface area (Å²) >= 11 is 0. The van der Waals surface area contributed by atoms with Crippen molar-refractivity contribution in [1.29, 1.82) is 0 Å². The van der Waals surface area contributed by atoms with E-state index < -0.39 is 10.1 Å². The van der Waals surface area contributed by atoms with Gasteiger partial charge in [-0.3, -0.25) is 4.55 Å². The van der Waals surface area contributed by atoms with Crippen LogP contribution in [0.3, 0.4) is 0 Å². The monoisotopic (exact) mass is 366 g/mol. The molecule has 142 valence electrons. The molecule has 25 heavy (non-hydrogen) atoms. The van der Waals surface area contributed by atoms with Gasteiger partial charge < -0.3 is 0 Å². The normalized spacial score (nSPS) is 12.1. The van der Waals surface area contributed by atoms with Gasteiger partial charge in [0, 0.05) is 0 Å². The van der Waals surface area contributed by atoms with Gasteiger partial charge in [0.05, 0.1) is 4.90 Å². The summed E-state index contributed by atoms with van der Waals surface area (Å²) in [6.07, 6.45) is 19.0. The van der Waals surface area contributed by atoms with Crippen LogP contribution < -0.4 is 0 Å². The Labute approximate surface area is 154 Å². The molecule has 0 aliphatic carbocycles. The SMILES string of the molecule is CCCCCCCCCCCCC=CCc1ccccc1S(=O)(=O)O. The molecule has 0 spiro atoms. The predicted octanol–water partition coefficient (Wildman–Crippen LogP) is 6.34. The average molecular weight is 367 g/mol. The number of rotatable bonds is 14. The minimum Gasteiger partial charge on any atom is -0.282 e. The van der Waals surface area contributed by atoms with Gasteiger partial charge in [-0.05, 0) is 30.9 Å². The lowest BCUT2D eigenvalue weighted by Crippen LogP contribution is -2.02. The summed E-state index contributed by atoms with van der Waals surface area (Å²) in [7, 11) is -4.14. The molecule has 0 bridgehead atoms. The van der Waals surface area contributed by atoms with Crippen LogP contribution in [0.1, 0.15) is 83.1 Å².